The van der Waals surface area contributed by atoms with Crippen LogP contribution in [0.15, 0.2) is 26.5 Å². The predicted molar refractivity (Wildman–Crippen MR) is 81.9 cm³/mol. The highest BCUT2D eigenvalue weighted by Gasteiger charge is 2.19. The Morgan fingerprint density at radius 3 is 2.61 bits per heavy atom. The van der Waals surface area contributed by atoms with Gasteiger partial charge in [0.1, 0.15) is 5.82 Å². The van der Waals surface area contributed by atoms with Crippen LogP contribution in [0.5, 0.6) is 0 Å². The highest BCUT2D eigenvalue weighted by molar-refractivity contribution is 9.11. The number of thiophene rings is 1. The van der Waals surface area contributed by atoms with Crippen molar-refractivity contribution in [3.8, 4) is 0 Å². The molecule has 18 heavy (non-hydrogen) atoms. The van der Waals surface area contributed by atoms with Crippen molar-refractivity contribution in [2.45, 2.75) is 13.0 Å². The fourth-order valence-electron chi connectivity index (χ4n) is 1.57. The van der Waals surface area contributed by atoms with Gasteiger partial charge in [0.05, 0.1) is 14.9 Å². The standard InChI is InChI=1S/C12H9Br2ClFNS/c1-5-4-8(18-12(5)14)11(17)6-2-3-7(13)9(15)10(6)16/h2-4,11H,17H2,1H3. The zero-order valence-electron chi connectivity index (χ0n) is 9.31. The van der Waals surface area contributed by atoms with Gasteiger partial charge in [-0.05, 0) is 56.5 Å². The molecule has 0 saturated carbocycles. The average molecular weight is 414 g/mol. The van der Waals surface area contributed by atoms with Crippen molar-refractivity contribution in [3.63, 3.8) is 0 Å². The lowest BCUT2D eigenvalue weighted by Crippen LogP contribution is -2.12. The largest absolute Gasteiger partial charge is 0.320 e. The van der Waals surface area contributed by atoms with Gasteiger partial charge in [0, 0.05) is 14.9 Å². The maximum absolute atomic E-state index is 14.1. The summed E-state index contributed by atoms with van der Waals surface area (Å²) in [4.78, 5) is 0.900. The lowest BCUT2D eigenvalue weighted by molar-refractivity contribution is 0.600. The van der Waals surface area contributed by atoms with E-state index < -0.39 is 11.9 Å². The Morgan fingerprint density at radius 1 is 1.39 bits per heavy atom. The van der Waals surface area contributed by atoms with Gasteiger partial charge in [-0.25, -0.2) is 4.39 Å². The first-order chi connectivity index (χ1) is 8.41. The van der Waals surface area contributed by atoms with E-state index in [1.807, 2.05) is 13.0 Å². The number of halogens is 4. The van der Waals surface area contributed by atoms with Crippen LogP contribution in [0.25, 0.3) is 0 Å². The van der Waals surface area contributed by atoms with Gasteiger partial charge in [-0.3, -0.25) is 0 Å². The molecule has 1 nitrogen and oxygen atoms in total. The topological polar surface area (TPSA) is 26.0 Å². The summed E-state index contributed by atoms with van der Waals surface area (Å²) in [5.74, 6) is -0.472. The second kappa shape index (κ2) is 5.59. The summed E-state index contributed by atoms with van der Waals surface area (Å²) in [6, 6.07) is 4.80. The molecule has 1 atom stereocenters. The molecule has 0 spiro atoms. The van der Waals surface area contributed by atoms with Crippen LogP contribution in [0.4, 0.5) is 4.39 Å². The minimum atomic E-state index is -0.509. The van der Waals surface area contributed by atoms with Crippen molar-refractivity contribution in [1.29, 1.82) is 0 Å². The maximum Gasteiger partial charge on any atom is 0.148 e. The van der Waals surface area contributed by atoms with Gasteiger partial charge >= 0.3 is 0 Å². The van der Waals surface area contributed by atoms with Gasteiger partial charge < -0.3 is 5.73 Å². The molecule has 0 bridgehead atoms. The highest BCUT2D eigenvalue weighted by Crippen LogP contribution is 2.36. The zero-order valence-corrected chi connectivity index (χ0v) is 14.1. The lowest BCUT2D eigenvalue weighted by atomic mass is 10.1. The molecular weight excluding hydrogens is 404 g/mol. The van der Waals surface area contributed by atoms with Crippen LogP contribution >= 0.6 is 54.8 Å². The Hall–Kier alpha value is 0.0600. The molecule has 0 fully saturated rings. The van der Waals surface area contributed by atoms with E-state index >= 15 is 0 Å². The molecule has 0 aliphatic carbocycles. The minimum Gasteiger partial charge on any atom is -0.320 e. The fraction of sp³-hybridized carbons (Fsp3) is 0.167. The van der Waals surface area contributed by atoms with E-state index in [-0.39, 0.29) is 5.02 Å². The van der Waals surface area contributed by atoms with Crippen LogP contribution in [0, 0.1) is 12.7 Å². The summed E-state index contributed by atoms with van der Waals surface area (Å²) in [5, 5.41) is 0.0651. The summed E-state index contributed by atoms with van der Waals surface area (Å²) in [6.07, 6.45) is 0. The molecule has 2 rings (SSSR count). The molecule has 2 aromatic rings. The Balaban J connectivity index is 2.46. The first-order valence-electron chi connectivity index (χ1n) is 5.06. The van der Waals surface area contributed by atoms with Crippen molar-refractivity contribution in [3.05, 3.63) is 53.3 Å². The van der Waals surface area contributed by atoms with Crippen LogP contribution in [0.1, 0.15) is 22.0 Å². The monoisotopic (exact) mass is 411 g/mol. The molecule has 6 heteroatoms. The Labute approximate surface area is 130 Å². The van der Waals surface area contributed by atoms with Crippen molar-refractivity contribution in [2.75, 3.05) is 0 Å². The van der Waals surface area contributed by atoms with Crippen LogP contribution < -0.4 is 5.73 Å². The molecule has 96 valence electrons. The number of rotatable bonds is 2. The van der Waals surface area contributed by atoms with Gasteiger partial charge in [0.2, 0.25) is 0 Å². The SMILES string of the molecule is Cc1cc(C(N)c2ccc(Br)c(Cl)c2F)sc1Br. The summed E-state index contributed by atoms with van der Waals surface area (Å²) in [7, 11) is 0. The molecule has 1 aromatic carbocycles. The molecule has 0 radical (unpaired) electrons. The van der Waals surface area contributed by atoms with Gasteiger partial charge in [0.15, 0.2) is 0 Å². The lowest BCUT2D eigenvalue weighted by Gasteiger charge is -2.12. The number of benzene rings is 1. The van der Waals surface area contributed by atoms with Gasteiger partial charge in [0.25, 0.3) is 0 Å². The Kier molecular flexibility index (Phi) is 4.49. The van der Waals surface area contributed by atoms with Crippen LogP contribution in [-0.2, 0) is 0 Å². The van der Waals surface area contributed by atoms with Crippen LogP contribution in [0.3, 0.4) is 0 Å². The van der Waals surface area contributed by atoms with Gasteiger partial charge in [-0.15, -0.1) is 11.3 Å². The average Bonchev–Trinajstić information content (AvgIpc) is 2.66. The fourth-order valence-corrected chi connectivity index (χ4v) is 3.64. The number of nitrogens with two attached hydrogens (primary N) is 1. The van der Waals surface area contributed by atoms with Gasteiger partial charge in [-0.1, -0.05) is 17.7 Å². The van der Waals surface area contributed by atoms with E-state index in [2.05, 4.69) is 31.9 Å². The second-order valence-corrected chi connectivity index (χ2v) is 7.48. The Morgan fingerprint density at radius 2 is 2.06 bits per heavy atom. The molecule has 1 aromatic heterocycles. The molecule has 0 saturated heterocycles. The molecule has 0 aliphatic heterocycles. The number of hydrogen-bond acceptors (Lipinski definition) is 2. The normalized spacial score (nSPS) is 12.8. The van der Waals surface area contributed by atoms with E-state index in [0.717, 1.165) is 14.2 Å². The molecule has 0 amide bonds. The summed E-state index contributed by atoms with van der Waals surface area (Å²) < 4.78 is 15.6. The quantitative estimate of drug-likeness (QED) is 0.654. The summed E-state index contributed by atoms with van der Waals surface area (Å²) in [6.45, 7) is 1.97. The Bertz CT molecular complexity index is 581. The third-order valence-electron chi connectivity index (χ3n) is 2.58. The predicted octanol–water partition coefficient (Wildman–Crippen LogP) is 5.42. The van der Waals surface area contributed by atoms with E-state index in [0.29, 0.717) is 10.0 Å². The summed E-state index contributed by atoms with van der Waals surface area (Å²) >= 11 is 14.0. The molecule has 1 heterocycles. The van der Waals surface area contributed by atoms with E-state index in [1.54, 1.807) is 12.1 Å². The number of aryl methyl sites for hydroxylation is 1. The third kappa shape index (κ3) is 2.65. The van der Waals surface area contributed by atoms with Crippen LogP contribution in [0.2, 0.25) is 5.02 Å². The first kappa shape index (κ1) is 14.5. The van der Waals surface area contributed by atoms with E-state index in [1.165, 1.54) is 11.3 Å². The zero-order chi connectivity index (χ0) is 13.4. The molecule has 1 unspecified atom stereocenters. The number of hydrogen-bond donors (Lipinski definition) is 1. The van der Waals surface area contributed by atoms with Crippen molar-refractivity contribution >= 4 is 54.8 Å². The minimum absolute atomic E-state index is 0.0651. The van der Waals surface area contributed by atoms with E-state index in [9.17, 15) is 4.39 Å². The molecule has 2 N–H and O–H groups in total. The molecule has 0 aliphatic rings. The smallest absolute Gasteiger partial charge is 0.148 e. The third-order valence-corrected chi connectivity index (χ3v) is 6.06. The first-order valence-corrected chi connectivity index (χ1v) is 7.84. The van der Waals surface area contributed by atoms with Crippen molar-refractivity contribution < 1.29 is 4.39 Å². The van der Waals surface area contributed by atoms with Crippen LogP contribution in [-0.4, -0.2) is 0 Å². The maximum atomic E-state index is 14.1. The second-order valence-electron chi connectivity index (χ2n) is 3.85. The summed E-state index contributed by atoms with van der Waals surface area (Å²) in [5.41, 5.74) is 7.59. The molecular formula is C12H9Br2ClFNS. The highest BCUT2D eigenvalue weighted by atomic mass is 79.9. The van der Waals surface area contributed by atoms with E-state index in [4.69, 9.17) is 17.3 Å². The van der Waals surface area contributed by atoms with Crippen molar-refractivity contribution in [2.24, 2.45) is 5.73 Å². The van der Waals surface area contributed by atoms with Crippen molar-refractivity contribution in [1.82, 2.24) is 0 Å². The van der Waals surface area contributed by atoms with Gasteiger partial charge in [-0.2, -0.15) is 0 Å².